The Balaban J connectivity index is 0.00000364. The highest BCUT2D eigenvalue weighted by atomic mass is 127. The second-order valence-corrected chi connectivity index (χ2v) is 8.70. The molecule has 27 heavy (non-hydrogen) atoms. The fraction of sp³-hybridized carbons (Fsp3) is 0.900. The lowest BCUT2D eigenvalue weighted by molar-refractivity contribution is -0.129. The number of likely N-dealkylation sites (tertiary alicyclic amines) is 1. The average molecular weight is 494 g/mol. The van der Waals surface area contributed by atoms with Crippen LogP contribution in [0, 0.1) is 11.3 Å². The van der Waals surface area contributed by atoms with Crippen LogP contribution >= 0.6 is 24.0 Å². The molecule has 0 saturated carbocycles. The van der Waals surface area contributed by atoms with E-state index in [9.17, 15) is 4.79 Å². The molecule has 2 heterocycles. The Morgan fingerprint density at radius 3 is 2.44 bits per heavy atom. The van der Waals surface area contributed by atoms with Crippen LogP contribution in [0.5, 0.6) is 0 Å². The van der Waals surface area contributed by atoms with E-state index in [1.165, 1.54) is 6.42 Å². The van der Waals surface area contributed by atoms with Crippen molar-refractivity contribution >= 4 is 35.8 Å². The summed E-state index contributed by atoms with van der Waals surface area (Å²) in [5, 5.41) is 6.94. The summed E-state index contributed by atoms with van der Waals surface area (Å²) in [5.41, 5.74) is 0.145. The zero-order valence-electron chi connectivity index (χ0n) is 17.7. The highest BCUT2D eigenvalue weighted by Crippen LogP contribution is 2.34. The van der Waals surface area contributed by atoms with Crippen LogP contribution in [0.2, 0.25) is 0 Å². The van der Waals surface area contributed by atoms with Crippen LogP contribution in [0.4, 0.5) is 0 Å². The van der Waals surface area contributed by atoms with Crippen molar-refractivity contribution in [2.45, 2.75) is 72.4 Å². The molecule has 2 atom stereocenters. The summed E-state index contributed by atoms with van der Waals surface area (Å²) < 4.78 is 6.08. The van der Waals surface area contributed by atoms with Crippen molar-refractivity contribution in [1.82, 2.24) is 15.5 Å². The number of carbonyl (C=O) groups excluding carboxylic acids is 1. The first kappa shape index (κ1) is 24.5. The van der Waals surface area contributed by atoms with Gasteiger partial charge in [-0.25, -0.2) is 0 Å². The third-order valence-corrected chi connectivity index (χ3v) is 5.41. The van der Waals surface area contributed by atoms with Gasteiger partial charge in [0.15, 0.2) is 5.96 Å². The van der Waals surface area contributed by atoms with Crippen LogP contribution in [-0.2, 0) is 9.53 Å². The van der Waals surface area contributed by atoms with E-state index in [-0.39, 0.29) is 41.4 Å². The first-order chi connectivity index (χ1) is 12.3. The van der Waals surface area contributed by atoms with Gasteiger partial charge in [0.2, 0.25) is 5.91 Å². The molecule has 2 aliphatic heterocycles. The van der Waals surface area contributed by atoms with E-state index in [0.717, 1.165) is 58.0 Å². The minimum absolute atomic E-state index is 0. The number of piperidine rings is 1. The maximum atomic E-state index is 11.5. The summed E-state index contributed by atoms with van der Waals surface area (Å²) in [6.07, 6.45) is 4.52. The SMILES string of the molecule is CCNC(=NCC1CCCOC1C(C)(C)C)NC1CCN(C(C)=O)CC1.I. The van der Waals surface area contributed by atoms with Crippen LogP contribution in [0.25, 0.3) is 0 Å². The number of amides is 1. The summed E-state index contributed by atoms with van der Waals surface area (Å²) in [4.78, 5) is 18.3. The molecule has 2 N–H and O–H groups in total. The number of aliphatic imine (C=N–C) groups is 1. The standard InChI is InChI=1S/C20H38N4O2.HI/c1-6-21-19(23-17-9-11-24(12-10-17)15(2)25)22-14-16-8-7-13-26-18(16)20(3,4)5;/h16-18H,6-14H2,1-5H3,(H2,21,22,23);1H. The maximum Gasteiger partial charge on any atom is 0.219 e. The highest BCUT2D eigenvalue weighted by Gasteiger charge is 2.35. The molecule has 0 aromatic rings. The summed E-state index contributed by atoms with van der Waals surface area (Å²) >= 11 is 0. The number of hydrogen-bond acceptors (Lipinski definition) is 3. The normalized spacial score (nSPS) is 24.9. The zero-order chi connectivity index (χ0) is 19.2. The summed E-state index contributed by atoms with van der Waals surface area (Å²) in [6, 6.07) is 0.379. The van der Waals surface area contributed by atoms with Crippen molar-refractivity contribution in [2.24, 2.45) is 16.3 Å². The molecule has 2 fully saturated rings. The van der Waals surface area contributed by atoms with Crippen LogP contribution in [0.1, 0.15) is 60.3 Å². The van der Waals surface area contributed by atoms with E-state index < -0.39 is 0 Å². The number of ether oxygens (including phenoxy) is 1. The highest BCUT2D eigenvalue weighted by molar-refractivity contribution is 14.0. The number of hydrogen-bond donors (Lipinski definition) is 2. The quantitative estimate of drug-likeness (QED) is 0.358. The molecule has 0 spiro atoms. The smallest absolute Gasteiger partial charge is 0.219 e. The Bertz CT molecular complexity index is 485. The molecule has 0 aromatic heterocycles. The summed E-state index contributed by atoms with van der Waals surface area (Å²) in [6.45, 7) is 14.7. The molecule has 2 aliphatic rings. The van der Waals surface area contributed by atoms with E-state index in [2.05, 4.69) is 38.3 Å². The fourth-order valence-electron chi connectivity index (χ4n) is 4.05. The Kier molecular flexibility index (Phi) is 10.4. The van der Waals surface area contributed by atoms with Crippen molar-refractivity contribution in [2.75, 3.05) is 32.8 Å². The lowest BCUT2D eigenvalue weighted by atomic mass is 9.78. The number of carbonyl (C=O) groups is 1. The van der Waals surface area contributed by atoms with E-state index in [0.29, 0.717) is 12.0 Å². The van der Waals surface area contributed by atoms with E-state index in [1.807, 2.05) is 4.90 Å². The van der Waals surface area contributed by atoms with Crippen molar-refractivity contribution in [1.29, 1.82) is 0 Å². The number of rotatable bonds is 4. The molecule has 158 valence electrons. The van der Waals surface area contributed by atoms with Crippen LogP contribution in [-0.4, -0.2) is 61.7 Å². The topological polar surface area (TPSA) is 66.0 Å². The van der Waals surface area contributed by atoms with Gasteiger partial charge in [-0.05, 0) is 38.0 Å². The molecule has 2 saturated heterocycles. The predicted molar refractivity (Wildman–Crippen MR) is 122 cm³/mol. The third-order valence-electron chi connectivity index (χ3n) is 5.41. The molecule has 0 bridgehead atoms. The first-order valence-electron chi connectivity index (χ1n) is 10.2. The van der Waals surface area contributed by atoms with E-state index in [4.69, 9.17) is 9.73 Å². The van der Waals surface area contributed by atoms with E-state index in [1.54, 1.807) is 6.92 Å². The molecule has 1 amide bonds. The van der Waals surface area contributed by atoms with Gasteiger partial charge in [-0.2, -0.15) is 0 Å². The van der Waals surface area contributed by atoms with Gasteiger partial charge < -0.3 is 20.3 Å². The maximum absolute atomic E-state index is 11.5. The molecule has 2 rings (SSSR count). The summed E-state index contributed by atoms with van der Waals surface area (Å²) in [5.74, 6) is 1.54. The van der Waals surface area contributed by atoms with Gasteiger partial charge in [-0.3, -0.25) is 9.79 Å². The minimum atomic E-state index is 0. The third kappa shape index (κ3) is 7.75. The van der Waals surface area contributed by atoms with Crippen LogP contribution in [0.15, 0.2) is 4.99 Å². The Labute approximate surface area is 182 Å². The minimum Gasteiger partial charge on any atom is -0.377 e. The number of halogens is 1. The Morgan fingerprint density at radius 1 is 1.22 bits per heavy atom. The Hall–Kier alpha value is -0.570. The van der Waals surface area contributed by atoms with E-state index >= 15 is 0 Å². The van der Waals surface area contributed by atoms with Gasteiger partial charge in [-0.15, -0.1) is 24.0 Å². The van der Waals surface area contributed by atoms with Crippen LogP contribution in [0.3, 0.4) is 0 Å². The largest absolute Gasteiger partial charge is 0.377 e. The fourth-order valence-corrected chi connectivity index (χ4v) is 4.05. The second kappa shape index (κ2) is 11.4. The van der Waals surface area contributed by atoms with Crippen molar-refractivity contribution < 1.29 is 9.53 Å². The predicted octanol–water partition coefficient (Wildman–Crippen LogP) is 3.01. The lowest BCUT2D eigenvalue weighted by Crippen LogP contribution is -2.49. The molecule has 0 radical (unpaired) electrons. The average Bonchev–Trinajstić information content (AvgIpc) is 2.60. The number of nitrogens with one attached hydrogen (secondary N) is 2. The van der Waals surface area contributed by atoms with Crippen molar-refractivity contribution in [3.8, 4) is 0 Å². The van der Waals surface area contributed by atoms with Gasteiger partial charge in [0.05, 0.1) is 6.10 Å². The molecule has 2 unspecified atom stereocenters. The first-order valence-corrected chi connectivity index (χ1v) is 10.2. The van der Waals surface area contributed by atoms with Gasteiger partial charge in [0.25, 0.3) is 0 Å². The molecular weight excluding hydrogens is 455 g/mol. The van der Waals surface area contributed by atoms with Crippen molar-refractivity contribution in [3.05, 3.63) is 0 Å². The number of guanidine groups is 1. The zero-order valence-corrected chi connectivity index (χ0v) is 20.0. The molecule has 6 nitrogen and oxygen atoms in total. The van der Waals surface area contributed by atoms with Crippen LogP contribution < -0.4 is 10.6 Å². The molecule has 0 aliphatic carbocycles. The second-order valence-electron chi connectivity index (χ2n) is 8.70. The van der Waals surface area contributed by atoms with Gasteiger partial charge in [-0.1, -0.05) is 20.8 Å². The lowest BCUT2D eigenvalue weighted by Gasteiger charge is -2.39. The summed E-state index contributed by atoms with van der Waals surface area (Å²) in [7, 11) is 0. The monoisotopic (exact) mass is 494 g/mol. The molecule has 0 aromatic carbocycles. The molecule has 7 heteroatoms. The van der Waals surface area contributed by atoms with Gasteiger partial charge in [0, 0.05) is 51.7 Å². The van der Waals surface area contributed by atoms with Crippen molar-refractivity contribution in [3.63, 3.8) is 0 Å². The number of nitrogens with zero attached hydrogens (tertiary/aromatic N) is 2. The Morgan fingerprint density at radius 2 is 1.89 bits per heavy atom. The van der Waals surface area contributed by atoms with Gasteiger partial charge >= 0.3 is 0 Å². The van der Waals surface area contributed by atoms with Gasteiger partial charge in [0.1, 0.15) is 0 Å². The molecular formula is C20H39IN4O2.